The summed E-state index contributed by atoms with van der Waals surface area (Å²) in [5, 5.41) is 10.4. The number of ether oxygens (including phenoxy) is 2. The quantitative estimate of drug-likeness (QED) is 0.629. The SMILES string of the molecule is COC(=O)c1ccc(C=C2Oc3c(ccc(O)c3CN3CCCCC3)C2=O)cc1. The fourth-order valence-electron chi connectivity index (χ4n) is 3.78. The minimum absolute atomic E-state index is 0.144. The van der Waals surface area contributed by atoms with E-state index >= 15 is 0 Å². The van der Waals surface area contributed by atoms with Gasteiger partial charge in [-0.25, -0.2) is 4.79 Å². The van der Waals surface area contributed by atoms with E-state index in [0.29, 0.717) is 29.0 Å². The maximum absolute atomic E-state index is 12.8. The lowest BCUT2D eigenvalue weighted by Crippen LogP contribution is -2.29. The van der Waals surface area contributed by atoms with Crippen LogP contribution < -0.4 is 4.74 Å². The number of methoxy groups -OCH3 is 1. The molecule has 0 spiro atoms. The van der Waals surface area contributed by atoms with Crippen LogP contribution in [0.25, 0.3) is 6.08 Å². The van der Waals surface area contributed by atoms with E-state index in [2.05, 4.69) is 4.90 Å². The molecule has 1 saturated heterocycles. The van der Waals surface area contributed by atoms with Crippen molar-refractivity contribution in [2.75, 3.05) is 20.2 Å². The van der Waals surface area contributed by atoms with Gasteiger partial charge >= 0.3 is 5.97 Å². The zero-order chi connectivity index (χ0) is 20.4. The number of Topliss-reactive ketones (excluding diaryl/α,β-unsaturated/α-hetero) is 1. The summed E-state index contributed by atoms with van der Waals surface area (Å²) in [5.74, 6) is 0.166. The molecule has 0 aliphatic carbocycles. The van der Waals surface area contributed by atoms with Crippen molar-refractivity contribution in [3.05, 3.63) is 64.4 Å². The van der Waals surface area contributed by atoms with Crippen LogP contribution in [-0.4, -0.2) is 42.0 Å². The summed E-state index contributed by atoms with van der Waals surface area (Å²) in [6.45, 7) is 2.52. The highest BCUT2D eigenvalue weighted by Gasteiger charge is 2.31. The number of carbonyl (C=O) groups excluding carboxylic acids is 2. The Morgan fingerprint density at radius 3 is 2.55 bits per heavy atom. The number of likely N-dealkylation sites (tertiary alicyclic amines) is 1. The first kappa shape index (κ1) is 19.2. The van der Waals surface area contributed by atoms with Crippen LogP contribution >= 0.6 is 0 Å². The van der Waals surface area contributed by atoms with Gasteiger partial charge in [0.2, 0.25) is 5.78 Å². The van der Waals surface area contributed by atoms with E-state index in [-0.39, 0.29) is 17.3 Å². The van der Waals surface area contributed by atoms with E-state index in [9.17, 15) is 14.7 Å². The second-order valence-corrected chi connectivity index (χ2v) is 7.33. The summed E-state index contributed by atoms with van der Waals surface area (Å²) in [7, 11) is 1.33. The van der Waals surface area contributed by atoms with Crippen LogP contribution in [0.15, 0.2) is 42.2 Å². The molecule has 0 bridgehead atoms. The molecule has 0 aromatic heterocycles. The lowest BCUT2D eigenvalue weighted by molar-refractivity contribution is 0.0600. The Kier molecular flexibility index (Phi) is 5.36. The molecule has 0 radical (unpaired) electrons. The number of hydrogen-bond acceptors (Lipinski definition) is 6. The molecule has 2 aromatic carbocycles. The van der Waals surface area contributed by atoms with Gasteiger partial charge in [-0.1, -0.05) is 18.6 Å². The van der Waals surface area contributed by atoms with Gasteiger partial charge in [0.25, 0.3) is 0 Å². The number of carbonyl (C=O) groups is 2. The topological polar surface area (TPSA) is 76.1 Å². The van der Waals surface area contributed by atoms with Gasteiger partial charge in [0.05, 0.1) is 23.8 Å². The summed E-state index contributed by atoms with van der Waals surface area (Å²) < 4.78 is 10.6. The van der Waals surface area contributed by atoms with Crippen molar-refractivity contribution in [1.29, 1.82) is 0 Å². The minimum Gasteiger partial charge on any atom is -0.507 e. The highest BCUT2D eigenvalue weighted by Crippen LogP contribution is 2.40. The number of benzene rings is 2. The van der Waals surface area contributed by atoms with Crippen molar-refractivity contribution < 1.29 is 24.2 Å². The summed E-state index contributed by atoms with van der Waals surface area (Å²) in [5.41, 5.74) is 2.29. The molecule has 1 fully saturated rings. The molecule has 6 heteroatoms. The summed E-state index contributed by atoms with van der Waals surface area (Å²) >= 11 is 0. The van der Waals surface area contributed by atoms with Crippen LogP contribution in [0.1, 0.15) is 51.1 Å². The largest absolute Gasteiger partial charge is 0.507 e. The molecule has 2 aromatic rings. The number of fused-ring (bicyclic) bond motifs is 1. The van der Waals surface area contributed by atoms with Crippen LogP contribution in [0.2, 0.25) is 0 Å². The smallest absolute Gasteiger partial charge is 0.337 e. The molecule has 2 aliphatic rings. The number of esters is 1. The van der Waals surface area contributed by atoms with Gasteiger partial charge in [0.15, 0.2) is 5.76 Å². The maximum atomic E-state index is 12.8. The van der Waals surface area contributed by atoms with Gasteiger partial charge in [-0.15, -0.1) is 0 Å². The molecule has 29 heavy (non-hydrogen) atoms. The Hall–Kier alpha value is -3.12. The summed E-state index contributed by atoms with van der Waals surface area (Å²) in [6.07, 6.45) is 5.15. The third-order valence-electron chi connectivity index (χ3n) is 5.38. The van der Waals surface area contributed by atoms with E-state index in [1.807, 2.05) is 0 Å². The number of hydrogen-bond donors (Lipinski definition) is 1. The fourth-order valence-corrected chi connectivity index (χ4v) is 3.78. The molecule has 1 N–H and O–H groups in total. The summed E-state index contributed by atoms with van der Waals surface area (Å²) in [4.78, 5) is 26.7. The number of piperidine rings is 1. The molecule has 6 nitrogen and oxygen atoms in total. The van der Waals surface area contributed by atoms with Gasteiger partial charge < -0.3 is 14.6 Å². The molecule has 0 amide bonds. The molecule has 150 valence electrons. The maximum Gasteiger partial charge on any atom is 0.337 e. The second-order valence-electron chi connectivity index (χ2n) is 7.33. The Morgan fingerprint density at radius 2 is 1.86 bits per heavy atom. The average molecular weight is 393 g/mol. The first-order chi connectivity index (χ1) is 14.1. The first-order valence-corrected chi connectivity index (χ1v) is 9.76. The highest BCUT2D eigenvalue weighted by molar-refractivity contribution is 6.15. The van der Waals surface area contributed by atoms with Crippen LogP contribution in [0.5, 0.6) is 11.5 Å². The first-order valence-electron chi connectivity index (χ1n) is 9.76. The molecule has 0 atom stereocenters. The Bertz CT molecular complexity index is 972. The molecule has 0 saturated carbocycles. The average Bonchev–Trinajstić information content (AvgIpc) is 3.06. The van der Waals surface area contributed by atoms with Crippen molar-refractivity contribution in [3.63, 3.8) is 0 Å². The monoisotopic (exact) mass is 393 g/mol. The molecule has 2 aliphatic heterocycles. The van der Waals surface area contributed by atoms with Crippen molar-refractivity contribution in [3.8, 4) is 11.5 Å². The number of allylic oxidation sites excluding steroid dienone is 1. The second kappa shape index (κ2) is 8.09. The molecular formula is C23H23NO5. The minimum atomic E-state index is -0.414. The third kappa shape index (κ3) is 3.89. The van der Waals surface area contributed by atoms with Gasteiger partial charge in [-0.05, 0) is 61.8 Å². The molecule has 0 unspecified atom stereocenters. The van der Waals surface area contributed by atoms with Crippen molar-refractivity contribution in [1.82, 2.24) is 4.90 Å². The van der Waals surface area contributed by atoms with Gasteiger partial charge in [-0.2, -0.15) is 0 Å². The number of ketones is 1. The standard InChI is InChI=1S/C23H23NO5/c1-28-23(27)16-7-5-15(6-8-16)13-20-21(26)17-9-10-19(25)18(22(17)29-20)14-24-11-3-2-4-12-24/h5-10,13,25H,2-4,11-12,14H2,1H3. The lowest BCUT2D eigenvalue weighted by Gasteiger charge is -2.27. The van der Waals surface area contributed by atoms with E-state index in [1.54, 1.807) is 42.5 Å². The number of rotatable bonds is 4. The van der Waals surface area contributed by atoms with Crippen LogP contribution in [-0.2, 0) is 11.3 Å². The van der Waals surface area contributed by atoms with E-state index in [1.165, 1.54) is 13.5 Å². The summed E-state index contributed by atoms with van der Waals surface area (Å²) in [6, 6.07) is 9.90. The number of nitrogens with zero attached hydrogens (tertiary/aromatic N) is 1. The third-order valence-corrected chi connectivity index (χ3v) is 5.38. The Balaban J connectivity index is 1.60. The fraction of sp³-hybridized carbons (Fsp3) is 0.304. The molecular weight excluding hydrogens is 370 g/mol. The number of aromatic hydroxyl groups is 1. The molecule has 2 heterocycles. The lowest BCUT2D eigenvalue weighted by atomic mass is 10.0. The predicted molar refractivity (Wildman–Crippen MR) is 108 cm³/mol. The van der Waals surface area contributed by atoms with E-state index in [4.69, 9.17) is 9.47 Å². The van der Waals surface area contributed by atoms with Gasteiger partial charge in [-0.3, -0.25) is 9.69 Å². The van der Waals surface area contributed by atoms with Crippen LogP contribution in [0.4, 0.5) is 0 Å². The zero-order valence-corrected chi connectivity index (χ0v) is 16.3. The van der Waals surface area contributed by atoms with Crippen LogP contribution in [0.3, 0.4) is 0 Å². The van der Waals surface area contributed by atoms with Crippen molar-refractivity contribution >= 4 is 17.8 Å². The van der Waals surface area contributed by atoms with Crippen LogP contribution in [0, 0.1) is 0 Å². The van der Waals surface area contributed by atoms with Gasteiger partial charge in [0.1, 0.15) is 11.5 Å². The number of phenolic OH excluding ortho intramolecular Hbond substituents is 1. The Morgan fingerprint density at radius 1 is 1.14 bits per heavy atom. The zero-order valence-electron chi connectivity index (χ0n) is 16.3. The Labute approximate surface area is 169 Å². The van der Waals surface area contributed by atoms with E-state index in [0.717, 1.165) is 31.5 Å². The highest BCUT2D eigenvalue weighted by atomic mass is 16.5. The van der Waals surface area contributed by atoms with Crippen molar-refractivity contribution in [2.24, 2.45) is 0 Å². The normalized spacial score (nSPS) is 17.8. The number of phenols is 1. The van der Waals surface area contributed by atoms with Gasteiger partial charge in [0, 0.05) is 6.54 Å². The molecule has 4 rings (SSSR count). The van der Waals surface area contributed by atoms with E-state index < -0.39 is 5.97 Å². The van der Waals surface area contributed by atoms with Crippen molar-refractivity contribution in [2.45, 2.75) is 25.8 Å². The predicted octanol–water partition coefficient (Wildman–Crippen LogP) is 3.78.